The van der Waals surface area contributed by atoms with Gasteiger partial charge in [0.05, 0.1) is 5.52 Å². The minimum absolute atomic E-state index is 0.00133. The van der Waals surface area contributed by atoms with Gasteiger partial charge in [0.25, 0.3) is 5.56 Å². The highest BCUT2D eigenvalue weighted by Gasteiger charge is 2.19. The van der Waals surface area contributed by atoms with E-state index >= 15 is 0 Å². The van der Waals surface area contributed by atoms with Crippen molar-refractivity contribution in [2.45, 2.75) is 39.3 Å². The molecule has 0 amide bonds. The van der Waals surface area contributed by atoms with Crippen molar-refractivity contribution in [3.8, 4) is 17.0 Å². The first kappa shape index (κ1) is 21.7. The van der Waals surface area contributed by atoms with E-state index in [0.29, 0.717) is 22.2 Å². The minimum atomic E-state index is -1.28. The van der Waals surface area contributed by atoms with Crippen LogP contribution in [0.1, 0.15) is 5.56 Å². The van der Waals surface area contributed by atoms with Crippen LogP contribution in [-0.2, 0) is 11.5 Å². The average molecular weight is 479 g/mol. The molecule has 29 heavy (non-hydrogen) atoms. The number of fused-ring (bicyclic) bond motifs is 1. The molecule has 0 fully saturated rings. The van der Waals surface area contributed by atoms with Gasteiger partial charge in [-0.2, -0.15) is 0 Å². The normalized spacial score (nSPS) is 11.9. The van der Waals surface area contributed by atoms with Crippen molar-refractivity contribution in [1.29, 1.82) is 0 Å². The van der Waals surface area contributed by atoms with Crippen molar-refractivity contribution in [3.05, 3.63) is 56.5 Å². The molecule has 0 radical (unpaired) electrons. The summed E-state index contributed by atoms with van der Waals surface area (Å²) < 4.78 is 22.5. The predicted molar refractivity (Wildman–Crippen MR) is 120 cm³/mol. The van der Waals surface area contributed by atoms with Crippen LogP contribution in [-0.4, -0.2) is 29.3 Å². The van der Waals surface area contributed by atoms with Gasteiger partial charge in [-0.25, -0.2) is 9.37 Å². The lowest BCUT2D eigenvalue weighted by Gasteiger charge is -2.17. The Balaban J connectivity index is 2.15. The number of ether oxygens (including phenoxy) is 1. The van der Waals surface area contributed by atoms with Crippen LogP contribution in [0, 0.1) is 12.7 Å². The van der Waals surface area contributed by atoms with E-state index in [1.165, 1.54) is 16.7 Å². The Morgan fingerprint density at radius 2 is 2.00 bits per heavy atom. The summed E-state index contributed by atoms with van der Waals surface area (Å²) in [6.45, 7) is 8.90. The molecule has 8 heteroatoms. The van der Waals surface area contributed by atoms with E-state index in [9.17, 15) is 14.3 Å². The van der Waals surface area contributed by atoms with Gasteiger partial charge in [0.2, 0.25) is 0 Å². The molecule has 1 heterocycles. The molecule has 0 atom stereocenters. The van der Waals surface area contributed by atoms with Crippen LogP contribution >= 0.6 is 15.9 Å². The van der Waals surface area contributed by atoms with Gasteiger partial charge in [-0.05, 0) is 36.7 Å². The summed E-state index contributed by atoms with van der Waals surface area (Å²) in [6.07, 6.45) is 0. The Labute approximate surface area is 178 Å². The van der Waals surface area contributed by atoms with E-state index in [1.807, 2.05) is 0 Å². The van der Waals surface area contributed by atoms with Crippen LogP contribution in [0.25, 0.3) is 22.3 Å². The van der Waals surface area contributed by atoms with Crippen molar-refractivity contribution in [1.82, 2.24) is 9.55 Å². The highest BCUT2D eigenvalue weighted by Crippen LogP contribution is 2.30. The number of aromatic nitrogens is 2. The van der Waals surface area contributed by atoms with E-state index in [-0.39, 0.29) is 29.3 Å². The summed E-state index contributed by atoms with van der Waals surface area (Å²) in [5.74, 6) is -0.598. The van der Waals surface area contributed by atoms with Crippen molar-refractivity contribution < 1.29 is 14.2 Å². The lowest BCUT2D eigenvalue weighted by atomic mass is 10.1. The number of halogens is 2. The number of hydrogen-bond acceptors (Lipinski definition) is 4. The molecule has 3 rings (SSSR count). The molecule has 0 spiro atoms. The minimum Gasteiger partial charge on any atom is -0.506 e. The number of nitrogens with zero attached hydrogens (tertiary/aromatic N) is 2. The highest BCUT2D eigenvalue weighted by atomic mass is 79.9. The zero-order valence-electron chi connectivity index (χ0n) is 16.9. The van der Waals surface area contributed by atoms with Crippen LogP contribution < -0.4 is 5.56 Å². The smallest absolute Gasteiger partial charge is 0.279 e. The van der Waals surface area contributed by atoms with E-state index in [1.54, 1.807) is 25.1 Å². The van der Waals surface area contributed by atoms with Crippen LogP contribution in [0.3, 0.4) is 0 Å². The second-order valence-corrected chi connectivity index (χ2v) is 14.8. The van der Waals surface area contributed by atoms with Crippen molar-refractivity contribution in [2.75, 3.05) is 6.61 Å². The fourth-order valence-corrected chi connectivity index (χ4v) is 4.15. The molecular formula is C21H24BrFN2O3Si. The SMILES string of the molecule is Cc1cccc(-c2nc3c(O)cc(Br)cc3n(COCC[Si](C)(C)C)c2=O)c1F. The van der Waals surface area contributed by atoms with Crippen LogP contribution in [0.4, 0.5) is 4.39 Å². The number of phenolic OH excluding ortho intramolecular Hbond substituents is 1. The number of hydrogen-bond donors (Lipinski definition) is 1. The molecule has 0 unspecified atom stereocenters. The van der Waals surface area contributed by atoms with Crippen LogP contribution in [0.5, 0.6) is 5.75 Å². The van der Waals surface area contributed by atoms with E-state index in [2.05, 4.69) is 40.6 Å². The van der Waals surface area contributed by atoms with Gasteiger partial charge in [0, 0.05) is 24.7 Å². The first-order chi connectivity index (χ1) is 13.6. The van der Waals surface area contributed by atoms with E-state index in [4.69, 9.17) is 4.74 Å². The van der Waals surface area contributed by atoms with Gasteiger partial charge in [0.15, 0.2) is 0 Å². The first-order valence-corrected chi connectivity index (χ1v) is 13.8. The highest BCUT2D eigenvalue weighted by molar-refractivity contribution is 9.10. The fraction of sp³-hybridized carbons (Fsp3) is 0.333. The Bertz CT molecular complexity index is 1130. The number of benzene rings is 2. The molecule has 3 aromatic rings. The molecule has 0 bridgehead atoms. The monoisotopic (exact) mass is 478 g/mol. The zero-order valence-corrected chi connectivity index (χ0v) is 19.5. The molecule has 154 valence electrons. The van der Waals surface area contributed by atoms with Crippen molar-refractivity contribution >= 4 is 35.0 Å². The van der Waals surface area contributed by atoms with Gasteiger partial charge in [-0.15, -0.1) is 0 Å². The third-order valence-electron chi connectivity index (χ3n) is 4.66. The summed E-state index contributed by atoms with van der Waals surface area (Å²) >= 11 is 3.34. The third-order valence-corrected chi connectivity index (χ3v) is 6.82. The van der Waals surface area contributed by atoms with Crippen molar-refractivity contribution in [2.24, 2.45) is 0 Å². The lowest BCUT2D eigenvalue weighted by molar-refractivity contribution is 0.0878. The Hall–Kier alpha value is -2.03. The number of aromatic hydroxyl groups is 1. The van der Waals surface area contributed by atoms with E-state index < -0.39 is 19.5 Å². The van der Waals surface area contributed by atoms with Gasteiger partial charge >= 0.3 is 0 Å². The van der Waals surface area contributed by atoms with Gasteiger partial charge in [-0.1, -0.05) is 47.7 Å². The summed E-state index contributed by atoms with van der Waals surface area (Å²) in [6, 6.07) is 8.97. The third kappa shape index (κ3) is 4.76. The van der Waals surface area contributed by atoms with Gasteiger partial charge in [0.1, 0.15) is 29.5 Å². The molecule has 1 N–H and O–H groups in total. The topological polar surface area (TPSA) is 64.3 Å². The van der Waals surface area contributed by atoms with E-state index in [0.717, 1.165) is 6.04 Å². The molecule has 0 aliphatic rings. The Kier molecular flexibility index (Phi) is 6.26. The second-order valence-electron chi connectivity index (χ2n) is 8.27. The molecule has 2 aromatic carbocycles. The Morgan fingerprint density at radius 3 is 2.69 bits per heavy atom. The van der Waals surface area contributed by atoms with Crippen molar-refractivity contribution in [3.63, 3.8) is 0 Å². The largest absolute Gasteiger partial charge is 0.506 e. The molecule has 0 aliphatic heterocycles. The zero-order chi connectivity index (χ0) is 21.3. The molecule has 0 aliphatic carbocycles. The summed E-state index contributed by atoms with van der Waals surface area (Å²) in [4.78, 5) is 17.5. The molecule has 5 nitrogen and oxygen atoms in total. The van der Waals surface area contributed by atoms with Crippen LogP contribution in [0.15, 0.2) is 39.6 Å². The molecule has 1 aromatic heterocycles. The maximum absolute atomic E-state index is 14.7. The lowest BCUT2D eigenvalue weighted by Crippen LogP contribution is -2.27. The average Bonchev–Trinajstić information content (AvgIpc) is 2.62. The summed E-state index contributed by atoms with van der Waals surface area (Å²) in [5.41, 5.74) is 0.652. The Morgan fingerprint density at radius 1 is 1.28 bits per heavy atom. The molecule has 0 saturated heterocycles. The predicted octanol–water partition coefficient (Wildman–Crippen LogP) is 5.29. The molecular weight excluding hydrogens is 455 g/mol. The summed E-state index contributed by atoms with van der Waals surface area (Å²) in [7, 11) is -1.28. The van der Waals surface area contributed by atoms with Crippen LogP contribution in [0.2, 0.25) is 25.7 Å². The molecule has 0 saturated carbocycles. The maximum atomic E-state index is 14.7. The fourth-order valence-electron chi connectivity index (χ4n) is 2.96. The number of phenols is 1. The standard InChI is InChI=1S/C21H24BrFN2O3Si/c1-13-6-5-7-15(18(13)23)19-21(27)25(12-28-8-9-29(2,3)4)16-10-14(22)11-17(26)20(16)24-19/h5-7,10-11,26H,8-9,12H2,1-4H3. The maximum Gasteiger partial charge on any atom is 0.279 e. The van der Waals surface area contributed by atoms with Gasteiger partial charge < -0.3 is 9.84 Å². The number of aryl methyl sites for hydroxylation is 1. The number of rotatable bonds is 6. The van der Waals surface area contributed by atoms with Gasteiger partial charge in [-0.3, -0.25) is 9.36 Å². The summed E-state index contributed by atoms with van der Waals surface area (Å²) in [5, 5.41) is 10.4. The second kappa shape index (κ2) is 8.37. The quantitative estimate of drug-likeness (QED) is 0.386. The first-order valence-electron chi connectivity index (χ1n) is 9.35.